The maximum absolute atomic E-state index is 13.0. The first-order chi connectivity index (χ1) is 9.47. The summed E-state index contributed by atoms with van der Waals surface area (Å²) >= 11 is 9.30. The molecule has 5 heteroatoms. The molecule has 0 amide bonds. The molecule has 1 N–H and O–H groups in total. The smallest absolute Gasteiger partial charge is 0.304 e. The number of aliphatic carboxylic acids is 1. The fraction of sp³-hybridized carbons (Fsp3) is 0.133. The summed E-state index contributed by atoms with van der Waals surface area (Å²) in [6, 6.07) is 11.1. The van der Waals surface area contributed by atoms with E-state index in [1.54, 1.807) is 30.3 Å². The third-order valence-corrected chi connectivity index (χ3v) is 3.91. The second-order valence-electron chi connectivity index (χ2n) is 4.37. The molecule has 1 atom stereocenters. The highest BCUT2D eigenvalue weighted by atomic mass is 79.9. The van der Waals surface area contributed by atoms with Gasteiger partial charge in [0.1, 0.15) is 5.82 Å². The van der Waals surface area contributed by atoms with Crippen molar-refractivity contribution in [3.63, 3.8) is 0 Å². The molecule has 2 rings (SSSR count). The van der Waals surface area contributed by atoms with Gasteiger partial charge in [0.15, 0.2) is 0 Å². The van der Waals surface area contributed by atoms with Gasteiger partial charge in [0, 0.05) is 15.4 Å². The van der Waals surface area contributed by atoms with Gasteiger partial charge in [-0.05, 0) is 35.4 Å². The van der Waals surface area contributed by atoms with Gasteiger partial charge in [-0.15, -0.1) is 0 Å². The average molecular weight is 358 g/mol. The molecule has 0 aliphatic rings. The molecular weight excluding hydrogens is 347 g/mol. The summed E-state index contributed by atoms with van der Waals surface area (Å²) in [5, 5.41) is 9.65. The monoisotopic (exact) mass is 356 g/mol. The molecule has 0 unspecified atom stereocenters. The normalized spacial score (nSPS) is 12.2. The van der Waals surface area contributed by atoms with Crippen LogP contribution in [-0.2, 0) is 4.79 Å². The molecule has 2 nitrogen and oxygen atoms in total. The Balaban J connectivity index is 2.46. The quantitative estimate of drug-likeness (QED) is 0.849. The molecule has 0 aliphatic heterocycles. The number of carbonyl (C=O) groups is 1. The first kappa shape index (κ1) is 15.0. The highest BCUT2D eigenvalue weighted by Gasteiger charge is 2.20. The number of carboxylic acid groups (broad SMARTS) is 1. The third-order valence-electron chi connectivity index (χ3n) is 2.99. The predicted molar refractivity (Wildman–Crippen MR) is 79.6 cm³/mol. The Morgan fingerprint density at radius 3 is 2.45 bits per heavy atom. The summed E-state index contributed by atoms with van der Waals surface area (Å²) in [5.74, 6) is -1.63. The number of halogens is 3. The molecule has 0 saturated heterocycles. The minimum absolute atomic E-state index is 0.0775. The molecule has 2 aromatic carbocycles. The van der Waals surface area contributed by atoms with Gasteiger partial charge in [-0.2, -0.15) is 0 Å². The van der Waals surface area contributed by atoms with Crippen molar-refractivity contribution in [2.24, 2.45) is 0 Å². The van der Waals surface area contributed by atoms with E-state index in [0.717, 1.165) is 15.6 Å². The van der Waals surface area contributed by atoms with E-state index in [2.05, 4.69) is 15.9 Å². The Labute approximate surface area is 129 Å². The third kappa shape index (κ3) is 3.58. The van der Waals surface area contributed by atoms with Crippen LogP contribution >= 0.6 is 27.5 Å². The lowest BCUT2D eigenvalue weighted by molar-refractivity contribution is -0.137. The van der Waals surface area contributed by atoms with Gasteiger partial charge in [-0.3, -0.25) is 4.79 Å². The summed E-state index contributed by atoms with van der Waals surface area (Å²) in [5.41, 5.74) is 1.56. The van der Waals surface area contributed by atoms with Crippen molar-refractivity contribution in [3.05, 3.63) is 68.9 Å². The van der Waals surface area contributed by atoms with Crippen molar-refractivity contribution in [2.75, 3.05) is 0 Å². The summed E-state index contributed by atoms with van der Waals surface area (Å²) in [7, 11) is 0. The number of rotatable bonds is 4. The molecule has 2 aromatic rings. The Bertz CT molecular complexity index is 628. The van der Waals surface area contributed by atoms with Crippen molar-refractivity contribution in [1.29, 1.82) is 0 Å². The molecule has 0 spiro atoms. The second-order valence-corrected chi connectivity index (χ2v) is 5.66. The molecule has 0 aromatic heterocycles. The first-order valence-corrected chi connectivity index (χ1v) is 7.06. The average Bonchev–Trinajstić information content (AvgIpc) is 2.37. The van der Waals surface area contributed by atoms with Gasteiger partial charge in [0.25, 0.3) is 0 Å². The fourth-order valence-electron chi connectivity index (χ4n) is 2.06. The van der Waals surface area contributed by atoms with E-state index < -0.39 is 5.97 Å². The van der Waals surface area contributed by atoms with Crippen LogP contribution in [0.5, 0.6) is 0 Å². The standard InChI is InChI=1S/C15H11BrClFO2/c16-14-7-10(17)3-6-12(14)13(8-15(19)20)9-1-4-11(18)5-2-9/h1-7,13H,8H2,(H,19,20)/t13-/m1/s1. The van der Waals surface area contributed by atoms with Gasteiger partial charge < -0.3 is 5.11 Å². The Kier molecular flexibility index (Phi) is 4.78. The SMILES string of the molecule is O=C(O)C[C@H](c1ccc(F)cc1)c1ccc(Cl)cc1Br. The van der Waals surface area contributed by atoms with E-state index in [0.29, 0.717) is 5.02 Å². The van der Waals surface area contributed by atoms with Gasteiger partial charge in [-0.1, -0.05) is 45.7 Å². The van der Waals surface area contributed by atoms with E-state index in [4.69, 9.17) is 16.7 Å². The van der Waals surface area contributed by atoms with E-state index >= 15 is 0 Å². The van der Waals surface area contributed by atoms with Crippen LogP contribution in [0.3, 0.4) is 0 Å². The summed E-state index contributed by atoms with van der Waals surface area (Å²) in [6.45, 7) is 0. The van der Waals surface area contributed by atoms with E-state index in [9.17, 15) is 9.18 Å². The minimum Gasteiger partial charge on any atom is -0.481 e. The van der Waals surface area contributed by atoms with Gasteiger partial charge >= 0.3 is 5.97 Å². The minimum atomic E-state index is -0.916. The van der Waals surface area contributed by atoms with Gasteiger partial charge in [0.2, 0.25) is 0 Å². The van der Waals surface area contributed by atoms with E-state index in [1.165, 1.54) is 12.1 Å². The van der Waals surface area contributed by atoms with E-state index in [1.807, 2.05) is 0 Å². The zero-order valence-corrected chi connectivity index (χ0v) is 12.7. The summed E-state index contributed by atoms with van der Waals surface area (Å²) in [4.78, 5) is 11.1. The molecule has 20 heavy (non-hydrogen) atoms. The Morgan fingerprint density at radius 1 is 1.25 bits per heavy atom. The van der Waals surface area contributed by atoms with Gasteiger partial charge in [0.05, 0.1) is 6.42 Å². The molecule has 0 fully saturated rings. The van der Waals surface area contributed by atoms with Crippen molar-refractivity contribution in [3.8, 4) is 0 Å². The molecule has 0 aliphatic carbocycles. The molecule has 0 heterocycles. The van der Waals surface area contributed by atoms with Crippen molar-refractivity contribution < 1.29 is 14.3 Å². The van der Waals surface area contributed by atoms with E-state index in [-0.39, 0.29) is 18.2 Å². The van der Waals surface area contributed by atoms with Crippen LogP contribution in [0.2, 0.25) is 5.02 Å². The van der Waals surface area contributed by atoms with Crippen LogP contribution in [0.25, 0.3) is 0 Å². The van der Waals surface area contributed by atoms with Crippen molar-refractivity contribution in [2.45, 2.75) is 12.3 Å². The van der Waals surface area contributed by atoms with Crippen molar-refractivity contribution >= 4 is 33.5 Å². The Morgan fingerprint density at radius 2 is 1.90 bits per heavy atom. The lowest BCUT2D eigenvalue weighted by Gasteiger charge is -2.18. The molecule has 104 valence electrons. The zero-order chi connectivity index (χ0) is 14.7. The highest BCUT2D eigenvalue weighted by molar-refractivity contribution is 9.10. The largest absolute Gasteiger partial charge is 0.481 e. The lowest BCUT2D eigenvalue weighted by atomic mass is 9.88. The van der Waals surface area contributed by atoms with Crippen LogP contribution < -0.4 is 0 Å². The van der Waals surface area contributed by atoms with Crippen LogP contribution in [-0.4, -0.2) is 11.1 Å². The van der Waals surface area contributed by atoms with Crippen LogP contribution in [0.4, 0.5) is 4.39 Å². The topological polar surface area (TPSA) is 37.3 Å². The number of hydrogen-bond donors (Lipinski definition) is 1. The molecule has 0 saturated carbocycles. The summed E-state index contributed by atoms with van der Waals surface area (Å²) in [6.07, 6.45) is -0.0775. The van der Waals surface area contributed by atoms with Crippen molar-refractivity contribution in [1.82, 2.24) is 0 Å². The molecule has 0 radical (unpaired) electrons. The number of carboxylic acids is 1. The second kappa shape index (κ2) is 6.37. The maximum atomic E-state index is 13.0. The Hall–Kier alpha value is -1.39. The highest BCUT2D eigenvalue weighted by Crippen LogP contribution is 2.34. The first-order valence-electron chi connectivity index (χ1n) is 5.89. The molecular formula is C15H11BrClFO2. The summed E-state index contributed by atoms with van der Waals surface area (Å²) < 4.78 is 13.7. The van der Waals surface area contributed by atoms with Gasteiger partial charge in [-0.25, -0.2) is 4.39 Å². The van der Waals surface area contributed by atoms with Crippen LogP contribution in [0.15, 0.2) is 46.9 Å². The number of benzene rings is 2. The number of hydrogen-bond acceptors (Lipinski definition) is 1. The fourth-order valence-corrected chi connectivity index (χ4v) is 3.02. The van der Waals surface area contributed by atoms with Crippen LogP contribution in [0, 0.1) is 5.82 Å². The zero-order valence-electron chi connectivity index (χ0n) is 10.3. The van der Waals surface area contributed by atoms with Crippen LogP contribution in [0.1, 0.15) is 23.5 Å². The lowest BCUT2D eigenvalue weighted by Crippen LogP contribution is -2.08. The predicted octanol–water partition coefficient (Wildman–Crippen LogP) is 4.85. The molecule has 0 bridgehead atoms. The maximum Gasteiger partial charge on any atom is 0.304 e.